The average Bonchev–Trinajstić information content (AvgIpc) is 2.33. The summed E-state index contributed by atoms with van der Waals surface area (Å²) in [5.41, 5.74) is 1.32. The molecule has 1 N–H and O–H groups in total. The maximum absolute atomic E-state index is 5.68. The lowest BCUT2D eigenvalue weighted by Gasteiger charge is -2.11. The number of rotatable bonds is 8. The van der Waals surface area contributed by atoms with Gasteiger partial charge in [-0.3, -0.25) is 0 Å². The van der Waals surface area contributed by atoms with Crippen LogP contribution in [0, 0.1) is 0 Å². The lowest BCUT2D eigenvalue weighted by molar-refractivity contribution is 0.308. The van der Waals surface area contributed by atoms with Crippen LogP contribution in [0.5, 0.6) is 5.75 Å². The van der Waals surface area contributed by atoms with Crippen molar-refractivity contribution in [1.29, 1.82) is 0 Å². The molecule has 0 fully saturated rings. The smallest absolute Gasteiger partial charge is 0.119 e. The highest BCUT2D eigenvalue weighted by Crippen LogP contribution is 2.13. The Morgan fingerprint density at radius 1 is 1.24 bits per heavy atom. The van der Waals surface area contributed by atoms with Crippen LogP contribution in [0.3, 0.4) is 0 Å². The Balaban J connectivity index is 2.13. The minimum Gasteiger partial charge on any atom is -0.492 e. The molecule has 0 heterocycles. The Bertz CT molecular complexity index is 313. The van der Waals surface area contributed by atoms with Crippen LogP contribution in [-0.2, 0) is 6.42 Å². The number of ether oxygens (including phenoxy) is 1. The highest BCUT2D eigenvalue weighted by molar-refractivity contribution is 5.28. The van der Waals surface area contributed by atoms with Crippen LogP contribution < -0.4 is 10.1 Å². The van der Waals surface area contributed by atoms with Crippen LogP contribution in [0.2, 0.25) is 0 Å². The molecule has 3 nitrogen and oxygen atoms in total. The van der Waals surface area contributed by atoms with Crippen LogP contribution in [-0.4, -0.2) is 45.2 Å². The van der Waals surface area contributed by atoms with E-state index in [1.807, 2.05) is 12.1 Å². The van der Waals surface area contributed by atoms with Crippen LogP contribution in [0.25, 0.3) is 0 Å². The van der Waals surface area contributed by atoms with Gasteiger partial charge in [-0.2, -0.15) is 0 Å². The molecule has 0 aromatic heterocycles. The SMILES string of the molecule is CCc1cccc(OCCNCCN(C)C)c1. The molecule has 0 aliphatic rings. The fraction of sp³-hybridized carbons (Fsp3) is 0.571. The lowest BCUT2D eigenvalue weighted by atomic mass is 10.2. The number of benzene rings is 1. The normalized spacial score (nSPS) is 10.8. The summed E-state index contributed by atoms with van der Waals surface area (Å²) in [7, 11) is 4.16. The Morgan fingerprint density at radius 3 is 2.76 bits per heavy atom. The van der Waals surface area contributed by atoms with Crippen molar-refractivity contribution in [3.63, 3.8) is 0 Å². The molecule has 0 radical (unpaired) electrons. The Hall–Kier alpha value is -1.06. The standard InChI is InChI=1S/C14H24N2O/c1-4-13-6-5-7-14(12-13)17-11-9-15-8-10-16(2)3/h5-7,12,15H,4,8-11H2,1-3H3. The van der Waals surface area contributed by atoms with Crippen LogP contribution in [0.1, 0.15) is 12.5 Å². The monoisotopic (exact) mass is 236 g/mol. The predicted molar refractivity (Wildman–Crippen MR) is 72.7 cm³/mol. The Kier molecular flexibility index (Phi) is 6.67. The summed E-state index contributed by atoms with van der Waals surface area (Å²) in [5.74, 6) is 0.971. The Labute approximate surface area is 105 Å². The van der Waals surface area contributed by atoms with Gasteiger partial charge in [-0.15, -0.1) is 0 Å². The number of nitrogens with zero attached hydrogens (tertiary/aromatic N) is 1. The molecule has 0 saturated carbocycles. The molecule has 17 heavy (non-hydrogen) atoms. The van der Waals surface area contributed by atoms with Gasteiger partial charge < -0.3 is 15.0 Å². The first-order valence-corrected chi connectivity index (χ1v) is 6.29. The number of aryl methyl sites for hydroxylation is 1. The topological polar surface area (TPSA) is 24.5 Å². The van der Waals surface area contributed by atoms with E-state index in [2.05, 4.69) is 43.4 Å². The zero-order chi connectivity index (χ0) is 12.5. The van der Waals surface area contributed by atoms with E-state index >= 15 is 0 Å². The molecule has 1 aromatic carbocycles. The van der Waals surface area contributed by atoms with Gasteiger partial charge in [0.25, 0.3) is 0 Å². The van der Waals surface area contributed by atoms with Crippen molar-refractivity contribution in [1.82, 2.24) is 10.2 Å². The summed E-state index contributed by atoms with van der Waals surface area (Å²) in [4.78, 5) is 2.17. The molecular formula is C14H24N2O. The first-order valence-electron chi connectivity index (χ1n) is 6.29. The van der Waals surface area contributed by atoms with Gasteiger partial charge in [0, 0.05) is 19.6 Å². The van der Waals surface area contributed by atoms with Gasteiger partial charge in [0.15, 0.2) is 0 Å². The number of nitrogens with one attached hydrogen (secondary N) is 1. The maximum atomic E-state index is 5.68. The molecule has 1 aromatic rings. The van der Waals surface area contributed by atoms with E-state index in [0.717, 1.165) is 38.4 Å². The molecule has 0 amide bonds. The van der Waals surface area contributed by atoms with E-state index in [9.17, 15) is 0 Å². The molecule has 0 bridgehead atoms. The summed E-state index contributed by atoms with van der Waals surface area (Å²) in [5, 5.41) is 3.35. The van der Waals surface area contributed by atoms with Crippen LogP contribution in [0.4, 0.5) is 0 Å². The Morgan fingerprint density at radius 2 is 2.06 bits per heavy atom. The molecule has 3 heteroatoms. The fourth-order valence-corrected chi connectivity index (χ4v) is 1.52. The fourth-order valence-electron chi connectivity index (χ4n) is 1.52. The van der Waals surface area contributed by atoms with Crippen molar-refractivity contribution in [3.05, 3.63) is 29.8 Å². The average molecular weight is 236 g/mol. The summed E-state index contributed by atoms with van der Waals surface area (Å²) >= 11 is 0. The van der Waals surface area contributed by atoms with E-state index in [-0.39, 0.29) is 0 Å². The second-order valence-corrected chi connectivity index (χ2v) is 4.40. The molecule has 0 aliphatic carbocycles. The third kappa shape index (κ3) is 6.29. The van der Waals surface area contributed by atoms with Gasteiger partial charge in [-0.05, 0) is 38.2 Å². The molecule has 0 saturated heterocycles. The van der Waals surface area contributed by atoms with Crippen molar-refractivity contribution in [2.75, 3.05) is 40.3 Å². The number of hydrogen-bond donors (Lipinski definition) is 1. The zero-order valence-corrected chi connectivity index (χ0v) is 11.2. The molecule has 0 unspecified atom stereocenters. The second-order valence-electron chi connectivity index (χ2n) is 4.40. The van der Waals surface area contributed by atoms with E-state index in [4.69, 9.17) is 4.74 Å². The molecule has 96 valence electrons. The minimum atomic E-state index is 0.723. The second kappa shape index (κ2) is 8.09. The summed E-state index contributed by atoms with van der Waals surface area (Å²) in [6, 6.07) is 8.30. The van der Waals surface area contributed by atoms with Crippen LogP contribution in [0.15, 0.2) is 24.3 Å². The third-order valence-corrected chi connectivity index (χ3v) is 2.59. The summed E-state index contributed by atoms with van der Waals surface area (Å²) in [6.07, 6.45) is 1.05. The van der Waals surface area contributed by atoms with Gasteiger partial charge in [0.1, 0.15) is 12.4 Å². The van der Waals surface area contributed by atoms with E-state index in [1.165, 1.54) is 5.56 Å². The first kappa shape index (κ1) is 14.0. The van der Waals surface area contributed by atoms with E-state index in [0.29, 0.717) is 0 Å². The van der Waals surface area contributed by atoms with Crippen molar-refractivity contribution < 1.29 is 4.74 Å². The van der Waals surface area contributed by atoms with Gasteiger partial charge in [-0.1, -0.05) is 19.1 Å². The number of likely N-dealkylation sites (N-methyl/N-ethyl adjacent to an activating group) is 1. The van der Waals surface area contributed by atoms with Crippen molar-refractivity contribution in [3.8, 4) is 5.75 Å². The molecule has 0 atom stereocenters. The number of hydrogen-bond acceptors (Lipinski definition) is 3. The van der Waals surface area contributed by atoms with Gasteiger partial charge in [0.05, 0.1) is 0 Å². The summed E-state index contributed by atoms with van der Waals surface area (Å²) < 4.78 is 5.68. The maximum Gasteiger partial charge on any atom is 0.119 e. The molecule has 0 aliphatic heterocycles. The molecular weight excluding hydrogens is 212 g/mol. The van der Waals surface area contributed by atoms with E-state index in [1.54, 1.807) is 0 Å². The third-order valence-electron chi connectivity index (χ3n) is 2.59. The van der Waals surface area contributed by atoms with Crippen molar-refractivity contribution in [2.24, 2.45) is 0 Å². The first-order chi connectivity index (χ1) is 8.22. The highest BCUT2D eigenvalue weighted by atomic mass is 16.5. The minimum absolute atomic E-state index is 0.723. The largest absolute Gasteiger partial charge is 0.492 e. The summed E-state index contributed by atoms with van der Waals surface area (Å²) in [6.45, 7) is 5.84. The lowest BCUT2D eigenvalue weighted by Crippen LogP contribution is -2.29. The molecule has 1 rings (SSSR count). The van der Waals surface area contributed by atoms with Gasteiger partial charge >= 0.3 is 0 Å². The zero-order valence-electron chi connectivity index (χ0n) is 11.2. The quantitative estimate of drug-likeness (QED) is 0.696. The van der Waals surface area contributed by atoms with Crippen molar-refractivity contribution >= 4 is 0 Å². The van der Waals surface area contributed by atoms with E-state index < -0.39 is 0 Å². The van der Waals surface area contributed by atoms with Crippen LogP contribution >= 0.6 is 0 Å². The molecule has 0 spiro atoms. The highest BCUT2D eigenvalue weighted by Gasteiger charge is 1.95. The predicted octanol–water partition coefficient (Wildman–Crippen LogP) is 1.78. The van der Waals surface area contributed by atoms with Gasteiger partial charge in [0.2, 0.25) is 0 Å². The van der Waals surface area contributed by atoms with Gasteiger partial charge in [-0.25, -0.2) is 0 Å². The van der Waals surface area contributed by atoms with Crippen molar-refractivity contribution in [2.45, 2.75) is 13.3 Å².